The minimum atomic E-state index is -2.91. The molecular formula is C22H26N2O8. The van der Waals surface area contributed by atoms with Crippen LogP contribution in [-0.2, 0) is 9.59 Å². The number of amides is 1. The Morgan fingerprint density at radius 1 is 1.22 bits per heavy atom. The molecule has 0 radical (unpaired) electrons. The maximum atomic E-state index is 13.4. The third-order valence-corrected chi connectivity index (χ3v) is 6.20. The Morgan fingerprint density at radius 2 is 1.84 bits per heavy atom. The first-order valence-electron chi connectivity index (χ1n) is 10.0. The maximum absolute atomic E-state index is 13.4. The average molecular weight is 446 g/mol. The van der Waals surface area contributed by atoms with Gasteiger partial charge in [0.05, 0.1) is 23.6 Å². The predicted octanol–water partition coefficient (Wildman–Crippen LogP) is 0.0904. The van der Waals surface area contributed by atoms with Crippen LogP contribution in [0.2, 0.25) is 0 Å². The smallest absolute Gasteiger partial charge is 0.255 e. The summed E-state index contributed by atoms with van der Waals surface area (Å²) in [5.41, 5.74) is 1.18. The molecule has 1 unspecified atom stereocenters. The van der Waals surface area contributed by atoms with Gasteiger partial charge in [0.15, 0.2) is 11.4 Å². The number of aliphatic hydroxyl groups excluding tert-OH is 3. The van der Waals surface area contributed by atoms with Crippen LogP contribution in [-0.4, -0.2) is 67.8 Å². The van der Waals surface area contributed by atoms with E-state index in [1.165, 1.54) is 13.1 Å². The van der Waals surface area contributed by atoms with Crippen molar-refractivity contribution in [3.63, 3.8) is 0 Å². The Labute approximate surface area is 183 Å². The van der Waals surface area contributed by atoms with E-state index in [0.29, 0.717) is 5.56 Å². The van der Waals surface area contributed by atoms with Gasteiger partial charge in [-0.25, -0.2) is 0 Å². The van der Waals surface area contributed by atoms with Crippen molar-refractivity contribution in [2.45, 2.75) is 43.9 Å². The molecule has 10 heteroatoms. The number of carbonyl (C=O) groups excluding carboxylic acids is 3. The van der Waals surface area contributed by atoms with E-state index in [1.54, 1.807) is 26.0 Å². The number of primary amides is 1. The second kappa shape index (κ2) is 8.05. The third kappa shape index (κ3) is 3.19. The highest BCUT2D eigenvalue weighted by atomic mass is 16.4. The molecular weight excluding hydrogens is 420 g/mol. The molecule has 10 nitrogen and oxygen atoms in total. The van der Waals surface area contributed by atoms with Crippen LogP contribution < -0.4 is 11.1 Å². The number of hydrogen-bond donors (Lipinski definition) is 7. The number of ketones is 2. The molecule has 0 heterocycles. The van der Waals surface area contributed by atoms with Gasteiger partial charge in [-0.3, -0.25) is 14.4 Å². The van der Waals surface area contributed by atoms with Crippen LogP contribution in [0.5, 0.6) is 5.75 Å². The van der Waals surface area contributed by atoms with Gasteiger partial charge in [-0.2, -0.15) is 0 Å². The zero-order chi connectivity index (χ0) is 24.1. The molecule has 0 bridgehead atoms. The van der Waals surface area contributed by atoms with Gasteiger partial charge in [-0.15, -0.1) is 0 Å². The Morgan fingerprint density at radius 3 is 2.38 bits per heavy atom. The van der Waals surface area contributed by atoms with Crippen molar-refractivity contribution in [2.24, 2.45) is 11.7 Å². The summed E-state index contributed by atoms with van der Waals surface area (Å²) in [5.74, 6) is -7.58. The van der Waals surface area contributed by atoms with Gasteiger partial charge in [-0.05, 0) is 24.6 Å². The Kier molecular flexibility index (Phi) is 5.90. The number of rotatable bonds is 5. The van der Waals surface area contributed by atoms with Crippen molar-refractivity contribution in [2.75, 3.05) is 7.05 Å². The third-order valence-electron chi connectivity index (χ3n) is 6.20. The predicted molar refractivity (Wildman–Crippen MR) is 112 cm³/mol. The molecule has 0 saturated carbocycles. The summed E-state index contributed by atoms with van der Waals surface area (Å²) in [7, 11) is 1.35. The lowest BCUT2D eigenvalue weighted by molar-refractivity contribution is -0.153. The molecule has 0 aromatic heterocycles. The summed E-state index contributed by atoms with van der Waals surface area (Å²) in [6, 6.07) is 3.12. The standard InChI is InChI=1S/C22H26N2O8/c1-8(2)9-5-4-6-11(25)13(9)17(27)10-7-12(26)15-16(24-3)18(28)14(21(23)31)20(30)22(15,32)19(10)29/h4-6,8,12,15-16,24-26,28-29,32H,7H2,1-3H3,(H2,23,31)/t12-,15?,16-,22-/m0/s1. The quantitative estimate of drug-likeness (QED) is 0.243. The SMILES string of the molecule is CN[C@@H]1C(O)=C(C(N)=O)C(=O)[C@@]2(O)C(O)=C(C(=O)c3c(O)cccc3C(C)C)C[C@H](O)C12. The number of likely N-dealkylation sites (N-methyl/N-ethyl adjacent to an activating group) is 1. The van der Waals surface area contributed by atoms with Gasteiger partial charge in [-0.1, -0.05) is 26.0 Å². The molecule has 32 heavy (non-hydrogen) atoms. The normalized spacial score (nSPS) is 28.2. The first-order chi connectivity index (χ1) is 14.9. The highest BCUT2D eigenvalue weighted by molar-refractivity contribution is 6.24. The zero-order valence-corrected chi connectivity index (χ0v) is 17.8. The number of benzene rings is 1. The van der Waals surface area contributed by atoms with Gasteiger partial charge in [0, 0.05) is 12.0 Å². The lowest BCUT2D eigenvalue weighted by Crippen LogP contribution is -2.66. The second-order valence-corrected chi connectivity index (χ2v) is 8.34. The average Bonchev–Trinajstić information content (AvgIpc) is 2.71. The van der Waals surface area contributed by atoms with E-state index >= 15 is 0 Å². The fourth-order valence-corrected chi connectivity index (χ4v) is 4.65. The maximum Gasteiger partial charge on any atom is 0.255 e. The number of aliphatic hydroxyl groups is 4. The second-order valence-electron chi connectivity index (χ2n) is 8.34. The molecule has 0 spiro atoms. The van der Waals surface area contributed by atoms with E-state index in [0.717, 1.165) is 0 Å². The largest absolute Gasteiger partial charge is 0.510 e. The van der Waals surface area contributed by atoms with Crippen LogP contribution in [0.1, 0.15) is 42.1 Å². The van der Waals surface area contributed by atoms with E-state index in [-0.39, 0.29) is 17.2 Å². The molecule has 0 fully saturated rings. The molecule has 2 aliphatic rings. The molecule has 1 aromatic rings. The summed E-state index contributed by atoms with van der Waals surface area (Å²) in [6.45, 7) is 3.57. The van der Waals surface area contributed by atoms with E-state index in [2.05, 4.69) is 5.32 Å². The van der Waals surface area contributed by atoms with E-state index < -0.39 is 70.2 Å². The number of nitrogens with one attached hydrogen (secondary N) is 1. The number of phenolic OH excluding ortho intramolecular Hbond substituents is 1. The van der Waals surface area contributed by atoms with Crippen LogP contribution in [0.3, 0.4) is 0 Å². The topological polar surface area (TPSA) is 190 Å². The fourth-order valence-electron chi connectivity index (χ4n) is 4.65. The van der Waals surface area contributed by atoms with Crippen LogP contribution in [0.15, 0.2) is 40.9 Å². The molecule has 1 amide bonds. The van der Waals surface area contributed by atoms with Crippen LogP contribution in [0, 0.1) is 5.92 Å². The van der Waals surface area contributed by atoms with E-state index in [9.17, 15) is 39.9 Å². The summed E-state index contributed by atoms with van der Waals surface area (Å²) in [6.07, 6.45) is -2.06. The lowest BCUT2D eigenvalue weighted by atomic mass is 9.62. The minimum Gasteiger partial charge on any atom is -0.510 e. The highest BCUT2D eigenvalue weighted by Crippen LogP contribution is 2.47. The van der Waals surface area contributed by atoms with Gasteiger partial charge >= 0.3 is 0 Å². The summed E-state index contributed by atoms with van der Waals surface area (Å²) >= 11 is 0. The fraction of sp³-hybridized carbons (Fsp3) is 0.409. The zero-order valence-electron chi connectivity index (χ0n) is 17.8. The van der Waals surface area contributed by atoms with Crippen molar-refractivity contribution in [1.82, 2.24) is 5.32 Å². The number of fused-ring (bicyclic) bond motifs is 1. The van der Waals surface area contributed by atoms with Crippen LogP contribution >= 0.6 is 0 Å². The number of hydrogen-bond acceptors (Lipinski definition) is 9. The molecule has 0 saturated heterocycles. The monoisotopic (exact) mass is 446 g/mol. The van der Waals surface area contributed by atoms with E-state index in [4.69, 9.17) is 5.73 Å². The number of nitrogens with two attached hydrogens (primary N) is 1. The molecule has 0 aliphatic heterocycles. The number of carbonyl (C=O) groups is 3. The molecule has 3 rings (SSSR count). The van der Waals surface area contributed by atoms with Gasteiger partial charge in [0.2, 0.25) is 5.78 Å². The van der Waals surface area contributed by atoms with Crippen molar-refractivity contribution in [1.29, 1.82) is 0 Å². The minimum absolute atomic E-state index is 0.139. The van der Waals surface area contributed by atoms with Crippen LogP contribution in [0.4, 0.5) is 0 Å². The van der Waals surface area contributed by atoms with Crippen molar-refractivity contribution in [3.05, 3.63) is 52.0 Å². The molecule has 8 N–H and O–H groups in total. The summed E-state index contributed by atoms with van der Waals surface area (Å²) < 4.78 is 0. The highest BCUT2D eigenvalue weighted by Gasteiger charge is 2.63. The lowest BCUT2D eigenvalue weighted by Gasteiger charge is -2.47. The van der Waals surface area contributed by atoms with Crippen molar-refractivity contribution in [3.8, 4) is 5.75 Å². The van der Waals surface area contributed by atoms with Crippen molar-refractivity contribution < 1.29 is 39.9 Å². The summed E-state index contributed by atoms with van der Waals surface area (Å²) in [4.78, 5) is 38.2. The number of Topliss-reactive ketones (excluding diaryl/α,β-unsaturated/α-hetero) is 2. The first kappa shape index (κ1) is 23.5. The Balaban J connectivity index is 2.27. The van der Waals surface area contributed by atoms with Gasteiger partial charge in [0.1, 0.15) is 22.8 Å². The Bertz CT molecular complexity index is 1070. The van der Waals surface area contributed by atoms with Crippen LogP contribution in [0.25, 0.3) is 0 Å². The molecule has 172 valence electrons. The first-order valence-corrected chi connectivity index (χ1v) is 10.0. The molecule has 2 aliphatic carbocycles. The molecule has 4 atom stereocenters. The number of phenols is 1. The molecule has 1 aromatic carbocycles. The van der Waals surface area contributed by atoms with Gasteiger partial charge < -0.3 is 36.6 Å². The van der Waals surface area contributed by atoms with Gasteiger partial charge in [0.25, 0.3) is 5.91 Å². The number of aromatic hydroxyl groups is 1. The summed E-state index contributed by atoms with van der Waals surface area (Å²) in [5, 5.41) is 56.4. The van der Waals surface area contributed by atoms with Crippen molar-refractivity contribution >= 4 is 17.5 Å². The Hall–Kier alpha value is -3.21. The van der Waals surface area contributed by atoms with E-state index in [1.807, 2.05) is 0 Å².